The van der Waals surface area contributed by atoms with Gasteiger partial charge in [-0.25, -0.2) is 0 Å². The van der Waals surface area contributed by atoms with Gasteiger partial charge in [0.05, 0.1) is 7.11 Å². The molecule has 0 aromatic heterocycles. The monoisotopic (exact) mass is 269 g/mol. The summed E-state index contributed by atoms with van der Waals surface area (Å²) < 4.78 is 5.45. The largest absolute Gasteiger partial charge is 0.496 e. The van der Waals surface area contributed by atoms with E-state index in [1.165, 1.54) is 5.56 Å². The van der Waals surface area contributed by atoms with E-state index in [9.17, 15) is 0 Å². The minimum atomic E-state index is 0.0256. The van der Waals surface area contributed by atoms with Gasteiger partial charge in [-0.3, -0.25) is 0 Å². The Hall–Kier alpha value is -0.730. The predicted octanol–water partition coefficient (Wildman–Crippen LogP) is 4.01. The average molecular weight is 270 g/mol. The van der Waals surface area contributed by atoms with Gasteiger partial charge in [-0.1, -0.05) is 32.4 Å². The van der Waals surface area contributed by atoms with Gasteiger partial charge in [0, 0.05) is 16.6 Å². The smallest absolute Gasteiger partial charge is 0.122 e. The third-order valence-electron chi connectivity index (χ3n) is 3.26. The third kappa shape index (κ3) is 3.89. The number of halogens is 1. The SMILES string of the molecule is CCNC(C)CC(C)(C)c1cc(Cl)ccc1OC. The van der Waals surface area contributed by atoms with Crippen LogP contribution in [0.1, 0.15) is 39.7 Å². The highest BCUT2D eigenvalue weighted by atomic mass is 35.5. The second-order valence-corrected chi connectivity index (χ2v) is 5.83. The van der Waals surface area contributed by atoms with Gasteiger partial charge < -0.3 is 10.1 Å². The molecule has 0 heterocycles. The molecule has 1 N–H and O–H groups in total. The fourth-order valence-electron chi connectivity index (χ4n) is 2.51. The van der Waals surface area contributed by atoms with Crippen LogP contribution in [0, 0.1) is 0 Å². The van der Waals surface area contributed by atoms with E-state index in [-0.39, 0.29) is 5.41 Å². The first-order valence-corrected chi connectivity index (χ1v) is 6.86. The summed E-state index contributed by atoms with van der Waals surface area (Å²) in [6.45, 7) is 9.79. The number of hydrogen-bond donors (Lipinski definition) is 1. The van der Waals surface area contributed by atoms with Crippen molar-refractivity contribution in [1.82, 2.24) is 5.32 Å². The molecule has 0 saturated carbocycles. The Balaban J connectivity index is 2.99. The number of rotatable bonds is 6. The van der Waals surface area contributed by atoms with Crippen LogP contribution in [-0.4, -0.2) is 19.7 Å². The van der Waals surface area contributed by atoms with Crippen LogP contribution in [-0.2, 0) is 5.41 Å². The van der Waals surface area contributed by atoms with Crippen LogP contribution in [0.5, 0.6) is 5.75 Å². The minimum Gasteiger partial charge on any atom is -0.496 e. The Labute approximate surface area is 116 Å². The van der Waals surface area contributed by atoms with Crippen molar-refractivity contribution in [2.45, 2.75) is 45.6 Å². The van der Waals surface area contributed by atoms with Gasteiger partial charge in [-0.2, -0.15) is 0 Å². The van der Waals surface area contributed by atoms with Crippen LogP contribution in [0.3, 0.4) is 0 Å². The first kappa shape index (κ1) is 15.3. The summed E-state index contributed by atoms with van der Waals surface area (Å²) in [6.07, 6.45) is 1.04. The lowest BCUT2D eigenvalue weighted by Crippen LogP contribution is -2.33. The van der Waals surface area contributed by atoms with Gasteiger partial charge in [0.1, 0.15) is 5.75 Å². The zero-order valence-corrected chi connectivity index (χ0v) is 12.8. The molecule has 1 aromatic rings. The molecule has 0 fully saturated rings. The Bertz CT molecular complexity index is 390. The lowest BCUT2D eigenvalue weighted by atomic mass is 9.79. The highest BCUT2D eigenvalue weighted by molar-refractivity contribution is 6.30. The Morgan fingerprint density at radius 1 is 1.39 bits per heavy atom. The number of hydrogen-bond acceptors (Lipinski definition) is 2. The van der Waals surface area contributed by atoms with E-state index in [2.05, 4.69) is 33.0 Å². The maximum absolute atomic E-state index is 6.11. The quantitative estimate of drug-likeness (QED) is 0.842. The second-order valence-electron chi connectivity index (χ2n) is 5.39. The van der Waals surface area contributed by atoms with Crippen LogP contribution in [0.15, 0.2) is 18.2 Å². The summed E-state index contributed by atoms with van der Waals surface area (Å²) >= 11 is 6.11. The van der Waals surface area contributed by atoms with Crippen molar-refractivity contribution in [3.05, 3.63) is 28.8 Å². The maximum atomic E-state index is 6.11. The normalized spacial score (nSPS) is 13.4. The molecule has 0 aliphatic rings. The van der Waals surface area contributed by atoms with Crippen molar-refractivity contribution in [2.75, 3.05) is 13.7 Å². The van der Waals surface area contributed by atoms with Crippen molar-refractivity contribution in [2.24, 2.45) is 0 Å². The molecule has 0 saturated heterocycles. The molecule has 0 amide bonds. The Kier molecular flexibility index (Phi) is 5.48. The molecular weight excluding hydrogens is 246 g/mol. The standard InChI is InChI=1S/C15H24ClNO/c1-6-17-11(2)10-15(3,4)13-9-12(16)7-8-14(13)18-5/h7-9,11,17H,6,10H2,1-5H3. The van der Waals surface area contributed by atoms with Crippen molar-refractivity contribution in [3.63, 3.8) is 0 Å². The molecule has 0 bridgehead atoms. The fourth-order valence-corrected chi connectivity index (χ4v) is 2.68. The molecule has 18 heavy (non-hydrogen) atoms. The summed E-state index contributed by atoms with van der Waals surface area (Å²) in [7, 11) is 1.70. The predicted molar refractivity (Wildman–Crippen MR) is 78.8 cm³/mol. The molecule has 1 unspecified atom stereocenters. The van der Waals surface area contributed by atoms with Gasteiger partial charge in [-0.15, -0.1) is 0 Å². The van der Waals surface area contributed by atoms with Crippen molar-refractivity contribution >= 4 is 11.6 Å². The number of methoxy groups -OCH3 is 1. The van der Waals surface area contributed by atoms with E-state index in [4.69, 9.17) is 16.3 Å². The van der Waals surface area contributed by atoms with Crippen LogP contribution in [0.4, 0.5) is 0 Å². The van der Waals surface area contributed by atoms with E-state index >= 15 is 0 Å². The molecule has 0 spiro atoms. The topological polar surface area (TPSA) is 21.3 Å². The van der Waals surface area contributed by atoms with Crippen molar-refractivity contribution in [1.29, 1.82) is 0 Å². The molecular formula is C15H24ClNO. The summed E-state index contributed by atoms with van der Waals surface area (Å²) in [4.78, 5) is 0. The molecule has 1 rings (SSSR count). The molecule has 3 heteroatoms. The zero-order chi connectivity index (χ0) is 13.8. The van der Waals surface area contributed by atoms with E-state index < -0.39 is 0 Å². The van der Waals surface area contributed by atoms with E-state index in [0.717, 1.165) is 23.7 Å². The maximum Gasteiger partial charge on any atom is 0.122 e. The summed E-state index contributed by atoms with van der Waals surface area (Å²) in [5, 5.41) is 4.21. The van der Waals surface area contributed by atoms with E-state index in [1.54, 1.807) is 7.11 Å². The van der Waals surface area contributed by atoms with Crippen LogP contribution >= 0.6 is 11.6 Å². The average Bonchev–Trinajstić information content (AvgIpc) is 2.28. The molecule has 1 aromatic carbocycles. The molecule has 102 valence electrons. The highest BCUT2D eigenvalue weighted by Crippen LogP contribution is 2.36. The molecule has 0 aliphatic heterocycles. The Morgan fingerprint density at radius 2 is 2.06 bits per heavy atom. The van der Waals surface area contributed by atoms with Gasteiger partial charge in [0.2, 0.25) is 0 Å². The molecule has 0 aliphatic carbocycles. The summed E-state index contributed by atoms with van der Waals surface area (Å²) in [5.41, 5.74) is 1.19. The fraction of sp³-hybridized carbons (Fsp3) is 0.600. The van der Waals surface area contributed by atoms with Gasteiger partial charge in [-0.05, 0) is 43.5 Å². The molecule has 0 radical (unpaired) electrons. The third-order valence-corrected chi connectivity index (χ3v) is 3.49. The van der Waals surface area contributed by atoms with Gasteiger partial charge >= 0.3 is 0 Å². The number of benzene rings is 1. The highest BCUT2D eigenvalue weighted by Gasteiger charge is 2.26. The number of nitrogens with one attached hydrogen (secondary N) is 1. The summed E-state index contributed by atoms with van der Waals surface area (Å²) in [6, 6.07) is 6.29. The van der Waals surface area contributed by atoms with Crippen molar-refractivity contribution in [3.8, 4) is 5.75 Å². The molecule has 1 atom stereocenters. The number of ether oxygens (including phenoxy) is 1. The van der Waals surface area contributed by atoms with Gasteiger partial charge in [0.15, 0.2) is 0 Å². The van der Waals surface area contributed by atoms with Crippen LogP contribution in [0.2, 0.25) is 5.02 Å². The van der Waals surface area contributed by atoms with E-state index in [0.29, 0.717) is 6.04 Å². The van der Waals surface area contributed by atoms with Crippen molar-refractivity contribution < 1.29 is 4.74 Å². The van der Waals surface area contributed by atoms with Crippen LogP contribution < -0.4 is 10.1 Å². The zero-order valence-electron chi connectivity index (χ0n) is 12.0. The van der Waals surface area contributed by atoms with Crippen LogP contribution in [0.25, 0.3) is 0 Å². The van der Waals surface area contributed by atoms with E-state index in [1.807, 2.05) is 18.2 Å². The van der Waals surface area contributed by atoms with Gasteiger partial charge in [0.25, 0.3) is 0 Å². The lowest BCUT2D eigenvalue weighted by molar-refractivity contribution is 0.361. The second kappa shape index (κ2) is 6.44. The molecule has 2 nitrogen and oxygen atoms in total. The Morgan fingerprint density at radius 3 is 2.61 bits per heavy atom. The first-order valence-electron chi connectivity index (χ1n) is 6.48. The summed E-state index contributed by atoms with van der Waals surface area (Å²) in [5.74, 6) is 0.910. The first-order chi connectivity index (χ1) is 8.40. The minimum absolute atomic E-state index is 0.0256. The lowest BCUT2D eigenvalue weighted by Gasteiger charge is -2.30.